The van der Waals surface area contributed by atoms with Crippen LogP contribution in [0.5, 0.6) is 11.5 Å². The molecule has 1 heterocycles. The number of hydrogen-bond acceptors (Lipinski definition) is 4. The maximum Gasteiger partial charge on any atom is 0.130 e. The van der Waals surface area contributed by atoms with Gasteiger partial charge in [-0.2, -0.15) is 0 Å². The molecular formula is C25H31NO3. The Morgan fingerprint density at radius 2 is 1.72 bits per heavy atom. The van der Waals surface area contributed by atoms with Gasteiger partial charge in [-0.1, -0.05) is 19.1 Å². The van der Waals surface area contributed by atoms with Crippen molar-refractivity contribution >= 4 is 11.5 Å². The fourth-order valence-electron chi connectivity index (χ4n) is 3.93. The third-order valence-electron chi connectivity index (χ3n) is 5.88. The number of anilines is 1. The van der Waals surface area contributed by atoms with E-state index in [0.29, 0.717) is 6.42 Å². The summed E-state index contributed by atoms with van der Waals surface area (Å²) in [5.41, 5.74) is 2.41. The molecule has 4 nitrogen and oxygen atoms in total. The molecule has 0 radical (unpaired) electrons. The molecule has 4 rings (SSSR count). The summed E-state index contributed by atoms with van der Waals surface area (Å²) in [4.78, 5) is 13.7. The Morgan fingerprint density at radius 3 is 2.38 bits per heavy atom. The van der Waals surface area contributed by atoms with E-state index in [2.05, 4.69) is 48.2 Å². The zero-order valence-electron chi connectivity index (χ0n) is 17.5. The van der Waals surface area contributed by atoms with Crippen LogP contribution in [-0.4, -0.2) is 31.6 Å². The van der Waals surface area contributed by atoms with Gasteiger partial charge in [0, 0.05) is 25.1 Å². The minimum absolute atomic E-state index is 0.196. The van der Waals surface area contributed by atoms with E-state index in [1.54, 1.807) is 6.92 Å². The summed E-state index contributed by atoms with van der Waals surface area (Å²) in [7, 11) is 0. The lowest BCUT2D eigenvalue weighted by atomic mass is 9.96. The number of carbonyl (C=O) groups is 1. The van der Waals surface area contributed by atoms with Crippen molar-refractivity contribution in [3.63, 3.8) is 0 Å². The number of ether oxygens (including phenoxy) is 2. The van der Waals surface area contributed by atoms with Crippen molar-refractivity contribution in [1.82, 2.24) is 0 Å². The highest BCUT2D eigenvalue weighted by atomic mass is 16.5. The van der Waals surface area contributed by atoms with Crippen LogP contribution in [0.3, 0.4) is 0 Å². The van der Waals surface area contributed by atoms with Gasteiger partial charge in [0.2, 0.25) is 0 Å². The van der Waals surface area contributed by atoms with Crippen molar-refractivity contribution in [2.45, 2.75) is 51.6 Å². The van der Waals surface area contributed by atoms with E-state index < -0.39 is 0 Å². The van der Waals surface area contributed by atoms with Crippen LogP contribution >= 0.6 is 0 Å². The van der Waals surface area contributed by atoms with Crippen molar-refractivity contribution in [1.29, 1.82) is 0 Å². The van der Waals surface area contributed by atoms with E-state index in [1.165, 1.54) is 24.1 Å². The smallest absolute Gasteiger partial charge is 0.130 e. The predicted molar refractivity (Wildman–Crippen MR) is 116 cm³/mol. The Morgan fingerprint density at radius 1 is 1.03 bits per heavy atom. The Kier molecular flexibility index (Phi) is 6.08. The van der Waals surface area contributed by atoms with E-state index in [4.69, 9.17) is 9.47 Å². The molecule has 0 amide bonds. The zero-order valence-corrected chi connectivity index (χ0v) is 17.5. The largest absolute Gasteiger partial charge is 0.493 e. The molecule has 1 aliphatic carbocycles. The topological polar surface area (TPSA) is 38.8 Å². The molecule has 4 heteroatoms. The summed E-state index contributed by atoms with van der Waals surface area (Å²) in [6, 6.07) is 16.7. The minimum Gasteiger partial charge on any atom is -0.493 e. The number of carbonyl (C=O) groups excluding carboxylic acids is 1. The van der Waals surface area contributed by atoms with Gasteiger partial charge in [-0.3, -0.25) is 0 Å². The monoisotopic (exact) mass is 393 g/mol. The molecule has 0 spiro atoms. The van der Waals surface area contributed by atoms with Crippen LogP contribution in [-0.2, 0) is 4.79 Å². The molecule has 1 aliphatic heterocycles. The van der Waals surface area contributed by atoms with Crippen molar-refractivity contribution < 1.29 is 14.3 Å². The van der Waals surface area contributed by atoms with Gasteiger partial charge in [-0.15, -0.1) is 0 Å². The van der Waals surface area contributed by atoms with Crippen LogP contribution in [0.25, 0.3) is 0 Å². The molecule has 0 bridgehead atoms. The fourth-order valence-corrected chi connectivity index (χ4v) is 3.93. The van der Waals surface area contributed by atoms with Gasteiger partial charge in [0.15, 0.2) is 0 Å². The molecule has 1 saturated heterocycles. The standard InChI is InChI=1S/C25H31NO3/c1-18(15-19(2)27)21-5-9-24(10-6-21)29-25-13-14-26(16-25)22-7-11-23(12-8-22)28-17-20-3-4-20/h5-12,18,20,25H,3-4,13-17H2,1-2H3/t18-,25?/m1/s1. The normalized spacial score (nSPS) is 19.8. The molecule has 2 aromatic carbocycles. The van der Waals surface area contributed by atoms with Gasteiger partial charge in [0.1, 0.15) is 23.4 Å². The van der Waals surface area contributed by atoms with Crippen LogP contribution < -0.4 is 14.4 Å². The van der Waals surface area contributed by atoms with Crippen LogP contribution in [0.4, 0.5) is 5.69 Å². The van der Waals surface area contributed by atoms with Gasteiger partial charge in [-0.25, -0.2) is 0 Å². The first-order valence-electron chi connectivity index (χ1n) is 10.8. The van der Waals surface area contributed by atoms with Crippen LogP contribution in [0.1, 0.15) is 51.0 Å². The fraction of sp³-hybridized carbons (Fsp3) is 0.480. The lowest BCUT2D eigenvalue weighted by Gasteiger charge is -2.20. The molecule has 2 atom stereocenters. The van der Waals surface area contributed by atoms with E-state index >= 15 is 0 Å². The Hall–Kier alpha value is -2.49. The molecule has 154 valence electrons. The summed E-state index contributed by atoms with van der Waals surface area (Å²) < 4.78 is 12.0. The second-order valence-electron chi connectivity index (χ2n) is 8.60. The molecule has 2 fully saturated rings. The highest BCUT2D eigenvalue weighted by Gasteiger charge is 2.25. The molecular weight excluding hydrogens is 362 g/mol. The van der Waals surface area contributed by atoms with E-state index in [1.807, 2.05) is 12.1 Å². The average molecular weight is 394 g/mol. The number of Topliss-reactive ketones (excluding diaryl/α,β-unsaturated/α-hetero) is 1. The number of rotatable bonds is 9. The summed E-state index contributed by atoms with van der Waals surface area (Å²) >= 11 is 0. The third-order valence-corrected chi connectivity index (χ3v) is 5.88. The summed E-state index contributed by atoms with van der Waals surface area (Å²) in [5.74, 6) is 3.12. The maximum atomic E-state index is 11.3. The molecule has 1 saturated carbocycles. The summed E-state index contributed by atoms with van der Waals surface area (Å²) in [5, 5.41) is 0. The van der Waals surface area contributed by atoms with Gasteiger partial charge < -0.3 is 19.2 Å². The molecule has 0 aromatic heterocycles. The maximum absolute atomic E-state index is 11.3. The predicted octanol–water partition coefficient (Wildman–Crippen LogP) is 5.22. The van der Waals surface area contributed by atoms with Crippen LogP contribution in [0.15, 0.2) is 48.5 Å². The molecule has 0 N–H and O–H groups in total. The zero-order chi connectivity index (χ0) is 20.2. The summed E-state index contributed by atoms with van der Waals surface area (Å²) in [6.07, 6.45) is 4.42. The lowest BCUT2D eigenvalue weighted by molar-refractivity contribution is -0.117. The first kappa shape index (κ1) is 19.8. The summed E-state index contributed by atoms with van der Waals surface area (Å²) in [6.45, 7) is 6.49. The van der Waals surface area contributed by atoms with Gasteiger partial charge in [-0.05, 0) is 73.6 Å². The SMILES string of the molecule is CC(=O)C[C@@H](C)c1ccc(OC2CCN(c3ccc(OCC4CC4)cc3)C2)cc1. The van der Waals surface area contributed by atoms with Gasteiger partial charge in [0.25, 0.3) is 0 Å². The average Bonchev–Trinajstić information content (AvgIpc) is 3.44. The van der Waals surface area contributed by atoms with E-state index in [-0.39, 0.29) is 17.8 Å². The van der Waals surface area contributed by atoms with Gasteiger partial charge >= 0.3 is 0 Å². The van der Waals surface area contributed by atoms with Gasteiger partial charge in [0.05, 0.1) is 13.2 Å². The molecule has 2 aliphatic rings. The molecule has 29 heavy (non-hydrogen) atoms. The first-order chi connectivity index (χ1) is 14.1. The van der Waals surface area contributed by atoms with Crippen LogP contribution in [0.2, 0.25) is 0 Å². The van der Waals surface area contributed by atoms with Crippen molar-refractivity contribution in [2.75, 3.05) is 24.6 Å². The van der Waals surface area contributed by atoms with Crippen molar-refractivity contribution in [3.8, 4) is 11.5 Å². The Balaban J connectivity index is 1.27. The van der Waals surface area contributed by atoms with Crippen molar-refractivity contribution in [2.24, 2.45) is 5.92 Å². The minimum atomic E-state index is 0.196. The number of hydrogen-bond donors (Lipinski definition) is 0. The van der Waals surface area contributed by atoms with Crippen LogP contribution in [0, 0.1) is 5.92 Å². The molecule has 1 unspecified atom stereocenters. The second-order valence-corrected chi connectivity index (χ2v) is 8.60. The first-order valence-corrected chi connectivity index (χ1v) is 10.8. The Bertz CT molecular complexity index is 811. The quantitative estimate of drug-likeness (QED) is 0.586. The highest BCUT2D eigenvalue weighted by Crippen LogP contribution is 2.31. The third kappa shape index (κ3) is 5.53. The molecule has 2 aromatic rings. The van der Waals surface area contributed by atoms with Crippen molar-refractivity contribution in [3.05, 3.63) is 54.1 Å². The number of benzene rings is 2. The number of ketones is 1. The Labute approximate surface area is 173 Å². The second kappa shape index (κ2) is 8.89. The lowest BCUT2D eigenvalue weighted by Crippen LogP contribution is -2.24. The van der Waals surface area contributed by atoms with E-state index in [0.717, 1.165) is 43.5 Å². The highest BCUT2D eigenvalue weighted by molar-refractivity contribution is 5.76. The van der Waals surface area contributed by atoms with E-state index in [9.17, 15) is 4.79 Å². The number of nitrogens with zero attached hydrogens (tertiary/aromatic N) is 1.